The molecule has 0 bridgehead atoms. The summed E-state index contributed by atoms with van der Waals surface area (Å²) in [6.45, 7) is 2.47. The van der Waals surface area contributed by atoms with Crippen LogP contribution in [0.1, 0.15) is 22.6 Å². The van der Waals surface area contributed by atoms with E-state index in [1.54, 1.807) is 6.07 Å². The molecule has 1 amide bonds. The largest absolute Gasteiger partial charge is 0.481 e. The molecule has 0 spiro atoms. The summed E-state index contributed by atoms with van der Waals surface area (Å²) in [5.41, 5.74) is 2.64. The Hall–Kier alpha value is -2.53. The first-order valence-corrected chi connectivity index (χ1v) is 8.78. The van der Waals surface area contributed by atoms with Crippen LogP contribution < -0.4 is 0 Å². The third-order valence-electron chi connectivity index (χ3n) is 4.72. The van der Waals surface area contributed by atoms with Gasteiger partial charge < -0.3 is 14.7 Å². The van der Waals surface area contributed by atoms with Gasteiger partial charge in [-0.3, -0.25) is 4.79 Å². The molecule has 0 radical (unpaired) electrons. The van der Waals surface area contributed by atoms with E-state index in [0.717, 1.165) is 16.7 Å². The highest BCUT2D eigenvalue weighted by molar-refractivity contribution is 6.31. The lowest BCUT2D eigenvalue weighted by Crippen LogP contribution is -2.30. The zero-order chi connectivity index (χ0) is 18.7. The number of amides is 1. The molecule has 26 heavy (non-hydrogen) atoms. The molecule has 1 heterocycles. The first kappa shape index (κ1) is 18.3. The molecule has 1 aliphatic rings. The van der Waals surface area contributed by atoms with Crippen LogP contribution in [0, 0.1) is 12.8 Å². The number of hydrogen-bond donors (Lipinski definition) is 1. The van der Waals surface area contributed by atoms with Gasteiger partial charge in [0.05, 0.1) is 5.92 Å². The van der Waals surface area contributed by atoms with E-state index in [-0.39, 0.29) is 19.1 Å². The SMILES string of the molecule is Cc1ccc(C2CN(C(=O)OCc3ccccc3)CC2C(=O)O)cc1Cl. The number of carbonyl (C=O) groups is 2. The Morgan fingerprint density at radius 3 is 2.58 bits per heavy atom. The van der Waals surface area contributed by atoms with Gasteiger partial charge in [0.2, 0.25) is 0 Å². The number of benzene rings is 2. The van der Waals surface area contributed by atoms with Gasteiger partial charge in [-0.15, -0.1) is 0 Å². The molecule has 2 aromatic rings. The monoisotopic (exact) mass is 373 g/mol. The standard InChI is InChI=1S/C20H20ClNO4/c1-13-7-8-15(9-18(13)21)16-10-22(11-17(16)19(23)24)20(25)26-12-14-5-3-2-4-6-14/h2-9,16-17H,10-12H2,1H3,(H,23,24). The lowest BCUT2D eigenvalue weighted by atomic mass is 9.88. The molecule has 1 aliphatic heterocycles. The second-order valence-electron chi connectivity index (χ2n) is 6.51. The quantitative estimate of drug-likeness (QED) is 0.876. The maximum absolute atomic E-state index is 12.4. The third kappa shape index (κ3) is 3.99. The Balaban J connectivity index is 1.71. The zero-order valence-electron chi connectivity index (χ0n) is 14.4. The van der Waals surface area contributed by atoms with E-state index in [0.29, 0.717) is 11.6 Å². The minimum absolute atomic E-state index is 0.124. The summed E-state index contributed by atoms with van der Waals surface area (Å²) in [7, 11) is 0. The maximum atomic E-state index is 12.4. The molecule has 136 valence electrons. The van der Waals surface area contributed by atoms with Crippen molar-refractivity contribution in [2.24, 2.45) is 5.92 Å². The Morgan fingerprint density at radius 2 is 1.92 bits per heavy atom. The molecule has 1 fully saturated rings. The number of aliphatic carboxylic acids is 1. The van der Waals surface area contributed by atoms with Crippen molar-refractivity contribution in [2.45, 2.75) is 19.4 Å². The number of hydrogen-bond acceptors (Lipinski definition) is 3. The summed E-state index contributed by atoms with van der Waals surface area (Å²) in [4.78, 5) is 25.5. The van der Waals surface area contributed by atoms with Crippen molar-refractivity contribution in [3.05, 3.63) is 70.2 Å². The van der Waals surface area contributed by atoms with Crippen LogP contribution in [0.5, 0.6) is 0 Å². The molecule has 0 aliphatic carbocycles. The molecule has 1 saturated heterocycles. The third-order valence-corrected chi connectivity index (χ3v) is 5.13. The Bertz CT molecular complexity index is 809. The van der Waals surface area contributed by atoms with Crippen molar-refractivity contribution in [3.63, 3.8) is 0 Å². The number of nitrogens with zero attached hydrogens (tertiary/aromatic N) is 1. The minimum atomic E-state index is -0.926. The minimum Gasteiger partial charge on any atom is -0.481 e. The van der Waals surface area contributed by atoms with Crippen LogP contribution >= 0.6 is 11.6 Å². The molecular weight excluding hydrogens is 354 g/mol. The van der Waals surface area contributed by atoms with Crippen molar-refractivity contribution in [1.29, 1.82) is 0 Å². The summed E-state index contributed by atoms with van der Waals surface area (Å²) >= 11 is 6.18. The maximum Gasteiger partial charge on any atom is 0.410 e. The Kier molecular flexibility index (Phi) is 5.47. The number of halogens is 1. The van der Waals surface area contributed by atoms with Crippen molar-refractivity contribution in [1.82, 2.24) is 4.90 Å². The number of carboxylic acid groups (broad SMARTS) is 1. The number of carboxylic acids is 1. The predicted octanol–water partition coefficient (Wildman–Crippen LogP) is 4.09. The number of rotatable bonds is 4. The number of aryl methyl sites for hydroxylation is 1. The van der Waals surface area contributed by atoms with Gasteiger partial charge in [-0.2, -0.15) is 0 Å². The van der Waals surface area contributed by atoms with Crippen molar-refractivity contribution in [3.8, 4) is 0 Å². The summed E-state index contributed by atoms with van der Waals surface area (Å²) in [5.74, 6) is -1.92. The molecule has 1 N–H and O–H groups in total. The van der Waals surface area contributed by atoms with Crippen LogP contribution in [0.15, 0.2) is 48.5 Å². The topological polar surface area (TPSA) is 66.8 Å². The van der Waals surface area contributed by atoms with E-state index in [9.17, 15) is 14.7 Å². The first-order chi connectivity index (χ1) is 12.5. The van der Waals surface area contributed by atoms with Gasteiger partial charge in [0.25, 0.3) is 0 Å². The molecule has 3 rings (SSSR count). The number of ether oxygens (including phenoxy) is 1. The fourth-order valence-electron chi connectivity index (χ4n) is 3.19. The molecule has 2 aromatic carbocycles. The molecule has 0 saturated carbocycles. The van der Waals surface area contributed by atoms with Gasteiger partial charge in [-0.05, 0) is 29.7 Å². The van der Waals surface area contributed by atoms with Gasteiger partial charge in [0.15, 0.2) is 0 Å². The fraction of sp³-hybridized carbons (Fsp3) is 0.300. The van der Waals surface area contributed by atoms with Gasteiger partial charge >= 0.3 is 12.1 Å². The van der Waals surface area contributed by atoms with Gasteiger partial charge in [-0.1, -0.05) is 54.1 Å². The normalized spacial score (nSPS) is 19.4. The van der Waals surface area contributed by atoms with Crippen molar-refractivity contribution >= 4 is 23.7 Å². The average Bonchev–Trinajstić information content (AvgIpc) is 3.09. The van der Waals surface area contributed by atoms with E-state index < -0.39 is 18.0 Å². The van der Waals surface area contributed by atoms with Gasteiger partial charge in [-0.25, -0.2) is 4.79 Å². The fourth-order valence-corrected chi connectivity index (χ4v) is 3.38. The number of carbonyl (C=O) groups excluding carboxylic acids is 1. The molecule has 6 heteroatoms. The van der Waals surface area contributed by atoms with E-state index in [4.69, 9.17) is 16.3 Å². The zero-order valence-corrected chi connectivity index (χ0v) is 15.1. The van der Waals surface area contributed by atoms with Crippen molar-refractivity contribution in [2.75, 3.05) is 13.1 Å². The van der Waals surface area contributed by atoms with E-state index in [2.05, 4.69) is 0 Å². The van der Waals surface area contributed by atoms with E-state index in [1.807, 2.05) is 49.4 Å². The van der Waals surface area contributed by atoms with Gasteiger partial charge in [0, 0.05) is 24.0 Å². The van der Waals surface area contributed by atoms with Crippen LogP contribution in [-0.2, 0) is 16.1 Å². The van der Waals surface area contributed by atoms with Crippen LogP contribution in [0.25, 0.3) is 0 Å². The molecule has 2 atom stereocenters. The second-order valence-corrected chi connectivity index (χ2v) is 6.91. The second kappa shape index (κ2) is 7.79. The summed E-state index contributed by atoms with van der Waals surface area (Å²) in [5, 5.41) is 10.2. The summed E-state index contributed by atoms with van der Waals surface area (Å²) in [6, 6.07) is 14.9. The first-order valence-electron chi connectivity index (χ1n) is 8.40. The predicted molar refractivity (Wildman–Crippen MR) is 98.3 cm³/mol. The summed E-state index contributed by atoms with van der Waals surface area (Å²) < 4.78 is 5.34. The average molecular weight is 374 g/mol. The lowest BCUT2D eigenvalue weighted by Gasteiger charge is -2.17. The Labute approximate surface area is 157 Å². The molecule has 0 aromatic heterocycles. The highest BCUT2D eigenvalue weighted by Crippen LogP contribution is 2.35. The van der Waals surface area contributed by atoms with Crippen LogP contribution in [-0.4, -0.2) is 35.2 Å². The molecular formula is C20H20ClNO4. The van der Waals surface area contributed by atoms with Crippen LogP contribution in [0.4, 0.5) is 4.79 Å². The highest BCUT2D eigenvalue weighted by atomic mass is 35.5. The van der Waals surface area contributed by atoms with Crippen molar-refractivity contribution < 1.29 is 19.4 Å². The van der Waals surface area contributed by atoms with Crippen LogP contribution in [0.2, 0.25) is 5.02 Å². The Morgan fingerprint density at radius 1 is 1.19 bits per heavy atom. The molecule has 5 nitrogen and oxygen atoms in total. The smallest absolute Gasteiger partial charge is 0.410 e. The highest BCUT2D eigenvalue weighted by Gasteiger charge is 2.41. The van der Waals surface area contributed by atoms with Gasteiger partial charge in [0.1, 0.15) is 6.61 Å². The lowest BCUT2D eigenvalue weighted by molar-refractivity contribution is -0.141. The van der Waals surface area contributed by atoms with E-state index >= 15 is 0 Å². The number of likely N-dealkylation sites (tertiary alicyclic amines) is 1. The van der Waals surface area contributed by atoms with Crippen LogP contribution in [0.3, 0.4) is 0 Å². The van der Waals surface area contributed by atoms with E-state index in [1.165, 1.54) is 4.90 Å². The molecule has 2 unspecified atom stereocenters. The summed E-state index contributed by atoms with van der Waals surface area (Å²) in [6.07, 6.45) is -0.499.